The van der Waals surface area contributed by atoms with Crippen molar-refractivity contribution in [1.29, 1.82) is 0 Å². The minimum atomic E-state index is -1.01. The smallest absolute Gasteiger partial charge is 0.456 e. The Hall–Kier alpha value is -2.77. The van der Waals surface area contributed by atoms with Crippen molar-refractivity contribution in [2.24, 2.45) is 0 Å². The van der Waals surface area contributed by atoms with Crippen molar-refractivity contribution in [3.05, 3.63) is 28.8 Å². The number of fused-ring (bicyclic) bond motifs is 1. The predicted octanol–water partition coefficient (Wildman–Crippen LogP) is 0.684. The Labute approximate surface area is 113 Å². The standard InChI is InChI=1S/C12H12N2O6/c1-3-20-12(16)10-11(15)14(18)8-5-4-7(19-2)6-9(8)13(10)17/h4-6,17H,3H2,1-2H3/p+1. The van der Waals surface area contributed by atoms with Gasteiger partial charge in [0, 0.05) is 17.0 Å². The highest BCUT2D eigenvalue weighted by molar-refractivity contribution is 5.91. The maximum Gasteiger partial charge on any atom is 0.456 e. The van der Waals surface area contributed by atoms with Crippen LogP contribution in [0.2, 0.25) is 0 Å². The number of nitrogens with zero attached hydrogens (tertiary/aromatic N) is 2. The van der Waals surface area contributed by atoms with Gasteiger partial charge >= 0.3 is 11.8 Å². The van der Waals surface area contributed by atoms with Crippen molar-refractivity contribution in [3.8, 4) is 11.6 Å². The van der Waals surface area contributed by atoms with E-state index in [1.54, 1.807) is 6.92 Å². The zero-order chi connectivity index (χ0) is 14.9. The van der Waals surface area contributed by atoms with Crippen LogP contribution in [0.25, 0.3) is 11.0 Å². The highest BCUT2D eigenvalue weighted by atomic mass is 16.5. The second kappa shape index (κ2) is 5.08. The van der Waals surface area contributed by atoms with Crippen molar-refractivity contribution in [1.82, 2.24) is 4.73 Å². The lowest BCUT2D eigenvalue weighted by Crippen LogP contribution is -2.25. The third-order valence-electron chi connectivity index (χ3n) is 2.71. The molecule has 8 nitrogen and oxygen atoms in total. The number of ether oxygens (including phenoxy) is 2. The van der Waals surface area contributed by atoms with Crippen LogP contribution in [0.4, 0.5) is 0 Å². The summed E-state index contributed by atoms with van der Waals surface area (Å²) in [6, 6.07) is 4.19. The molecule has 0 fully saturated rings. The van der Waals surface area contributed by atoms with Crippen LogP contribution >= 0.6 is 0 Å². The molecular formula is C12H13N2O6+. The van der Waals surface area contributed by atoms with Crippen molar-refractivity contribution < 1.29 is 29.0 Å². The molecule has 0 atom stereocenters. The van der Waals surface area contributed by atoms with Gasteiger partial charge < -0.3 is 19.8 Å². The van der Waals surface area contributed by atoms with Crippen molar-refractivity contribution in [2.45, 2.75) is 6.92 Å². The third kappa shape index (κ3) is 2.00. The van der Waals surface area contributed by atoms with E-state index in [4.69, 9.17) is 4.74 Å². The van der Waals surface area contributed by atoms with Gasteiger partial charge in [-0.25, -0.2) is 4.79 Å². The van der Waals surface area contributed by atoms with Gasteiger partial charge in [0.2, 0.25) is 0 Å². The number of hydrogen-bond donors (Lipinski definition) is 2. The second-order valence-electron chi connectivity index (χ2n) is 3.85. The number of esters is 1. The van der Waals surface area contributed by atoms with Gasteiger partial charge in [-0.1, -0.05) is 0 Å². The van der Waals surface area contributed by atoms with E-state index in [0.29, 0.717) is 10.5 Å². The molecule has 0 saturated carbocycles. The van der Waals surface area contributed by atoms with E-state index in [1.807, 2.05) is 0 Å². The molecule has 0 amide bonds. The van der Waals surface area contributed by atoms with Crippen LogP contribution in [0.5, 0.6) is 11.6 Å². The number of rotatable bonds is 3. The summed E-state index contributed by atoms with van der Waals surface area (Å²) in [5, 5.41) is 19.8. The summed E-state index contributed by atoms with van der Waals surface area (Å²) in [5.74, 6) is -1.58. The molecule has 2 aromatic rings. The van der Waals surface area contributed by atoms with E-state index in [9.17, 15) is 20.0 Å². The summed E-state index contributed by atoms with van der Waals surface area (Å²) in [7, 11) is 1.42. The van der Waals surface area contributed by atoms with E-state index >= 15 is 0 Å². The largest absolute Gasteiger partial charge is 0.497 e. The van der Waals surface area contributed by atoms with Crippen LogP contribution < -0.4 is 9.16 Å². The maximum absolute atomic E-state index is 11.9. The zero-order valence-electron chi connectivity index (χ0n) is 10.9. The normalized spacial score (nSPS) is 10.5. The fraction of sp³-hybridized carbons (Fsp3) is 0.250. The number of carbonyl (C=O) groups excluding carboxylic acids is 1. The average Bonchev–Trinajstić information content (AvgIpc) is 2.45. The number of carbonyl (C=O) groups is 1. The van der Waals surface area contributed by atoms with Crippen molar-refractivity contribution in [3.63, 3.8) is 0 Å². The number of benzene rings is 1. The van der Waals surface area contributed by atoms with E-state index in [0.717, 1.165) is 0 Å². The Morgan fingerprint density at radius 3 is 2.75 bits per heavy atom. The first-order chi connectivity index (χ1) is 9.51. The summed E-state index contributed by atoms with van der Waals surface area (Å²) in [6.07, 6.45) is 0. The van der Waals surface area contributed by atoms with Crippen LogP contribution in [0.15, 0.2) is 18.2 Å². The molecule has 0 aliphatic heterocycles. The fourth-order valence-electron chi connectivity index (χ4n) is 1.77. The summed E-state index contributed by atoms with van der Waals surface area (Å²) in [4.78, 5) is 23.6. The van der Waals surface area contributed by atoms with Crippen molar-refractivity contribution >= 4 is 17.0 Å². The molecule has 0 aliphatic rings. The van der Waals surface area contributed by atoms with Gasteiger partial charge in [0.25, 0.3) is 11.2 Å². The number of aromatic nitrogens is 2. The summed E-state index contributed by atoms with van der Waals surface area (Å²) < 4.78 is 10.2. The SMILES string of the molecule is CCOC(=O)c1c(O)[n+](=O)c2ccc(OC)cc2n1O. The lowest BCUT2D eigenvalue weighted by Gasteiger charge is -2.07. The molecule has 1 aromatic heterocycles. The Kier molecular flexibility index (Phi) is 3.47. The molecule has 0 aliphatic carbocycles. The molecular weight excluding hydrogens is 268 g/mol. The molecule has 0 unspecified atom stereocenters. The molecule has 0 saturated heterocycles. The van der Waals surface area contributed by atoms with Gasteiger partial charge in [-0.05, 0) is 13.0 Å². The number of aromatic hydroxyl groups is 1. The second-order valence-corrected chi connectivity index (χ2v) is 3.85. The summed E-state index contributed by atoms with van der Waals surface area (Å²) in [5.41, 5.74) is -0.679. The Bertz CT molecular complexity index is 737. The van der Waals surface area contributed by atoms with Crippen LogP contribution in [-0.4, -0.2) is 34.7 Å². The maximum atomic E-state index is 11.9. The van der Waals surface area contributed by atoms with Gasteiger partial charge in [-0.15, -0.1) is 0 Å². The van der Waals surface area contributed by atoms with Crippen LogP contribution in [0.1, 0.15) is 17.4 Å². The molecule has 0 radical (unpaired) electrons. The topological polar surface area (TPSA) is 104 Å². The highest BCUT2D eigenvalue weighted by Gasteiger charge is 2.31. The Balaban J connectivity index is 2.83. The number of hydrogen-bond acceptors (Lipinski definition) is 6. The first kappa shape index (κ1) is 13.7. The van der Waals surface area contributed by atoms with E-state index in [-0.39, 0.29) is 22.1 Å². The molecule has 0 spiro atoms. The van der Waals surface area contributed by atoms with Crippen molar-refractivity contribution in [2.75, 3.05) is 13.7 Å². The first-order valence-electron chi connectivity index (χ1n) is 5.76. The van der Waals surface area contributed by atoms with Gasteiger partial charge in [-0.2, -0.15) is 4.73 Å². The minimum Gasteiger partial charge on any atom is -0.497 e. The molecule has 106 valence electrons. The zero-order valence-corrected chi connectivity index (χ0v) is 10.9. The third-order valence-corrected chi connectivity index (χ3v) is 2.71. The molecule has 2 rings (SSSR count). The summed E-state index contributed by atoms with van der Waals surface area (Å²) in [6.45, 7) is 1.60. The molecule has 8 heteroatoms. The van der Waals surface area contributed by atoms with E-state index in [2.05, 4.69) is 4.74 Å². The molecule has 0 bridgehead atoms. The minimum absolute atomic E-state index is 0.000188. The Morgan fingerprint density at radius 1 is 1.45 bits per heavy atom. The monoisotopic (exact) mass is 281 g/mol. The van der Waals surface area contributed by atoms with Gasteiger partial charge in [0.05, 0.1) is 13.7 Å². The van der Waals surface area contributed by atoms with Crippen LogP contribution in [0.3, 0.4) is 0 Å². The first-order valence-corrected chi connectivity index (χ1v) is 5.76. The van der Waals surface area contributed by atoms with E-state index < -0.39 is 17.5 Å². The predicted molar refractivity (Wildman–Crippen MR) is 66.7 cm³/mol. The molecule has 1 heterocycles. The van der Waals surface area contributed by atoms with Gasteiger partial charge in [0.15, 0.2) is 5.52 Å². The molecule has 1 aromatic carbocycles. The summed E-state index contributed by atoms with van der Waals surface area (Å²) >= 11 is 0. The fourth-order valence-corrected chi connectivity index (χ4v) is 1.77. The molecule has 20 heavy (non-hydrogen) atoms. The number of methoxy groups -OCH3 is 1. The Morgan fingerprint density at radius 2 is 2.15 bits per heavy atom. The van der Waals surface area contributed by atoms with Crippen LogP contribution in [0, 0.1) is 4.91 Å². The molecule has 2 N–H and O–H groups in total. The van der Waals surface area contributed by atoms with E-state index in [1.165, 1.54) is 25.3 Å². The van der Waals surface area contributed by atoms with Gasteiger partial charge in [-0.3, -0.25) is 0 Å². The highest BCUT2D eigenvalue weighted by Crippen LogP contribution is 2.22. The van der Waals surface area contributed by atoms with Crippen LogP contribution in [-0.2, 0) is 4.74 Å². The lowest BCUT2D eigenvalue weighted by atomic mass is 10.2. The average molecular weight is 281 g/mol. The van der Waals surface area contributed by atoms with Gasteiger partial charge in [0.1, 0.15) is 10.2 Å². The lowest BCUT2D eigenvalue weighted by molar-refractivity contribution is -0.478. The quantitative estimate of drug-likeness (QED) is 0.487.